The molecule has 26 heavy (non-hydrogen) atoms. The molecule has 2 aromatic carbocycles. The number of hydrogen-bond acceptors (Lipinski definition) is 2. The summed E-state index contributed by atoms with van der Waals surface area (Å²) < 4.78 is 43.9. The third-order valence-corrected chi connectivity index (χ3v) is 4.24. The van der Waals surface area contributed by atoms with Gasteiger partial charge in [0.15, 0.2) is 0 Å². The fourth-order valence-electron chi connectivity index (χ4n) is 2.77. The van der Waals surface area contributed by atoms with Crippen LogP contribution in [0.25, 0.3) is 0 Å². The van der Waals surface area contributed by atoms with Crippen LogP contribution in [0.2, 0.25) is 0 Å². The Bertz CT molecular complexity index is 820. The molecular weight excluding hydrogens is 343 g/mol. The Morgan fingerprint density at radius 3 is 2.27 bits per heavy atom. The molecule has 0 aromatic heterocycles. The van der Waals surface area contributed by atoms with E-state index in [1.54, 1.807) is 29.2 Å². The van der Waals surface area contributed by atoms with Crippen LogP contribution in [0.5, 0.6) is 11.5 Å². The van der Waals surface area contributed by atoms with Gasteiger partial charge in [0.05, 0.1) is 5.56 Å². The quantitative estimate of drug-likeness (QED) is 0.695. The molecule has 0 aliphatic carbocycles. The van der Waals surface area contributed by atoms with Crippen LogP contribution in [-0.2, 0) is 6.18 Å². The first-order valence-electron chi connectivity index (χ1n) is 8.24. The van der Waals surface area contributed by atoms with Gasteiger partial charge in [0, 0.05) is 18.7 Å². The smallest absolute Gasteiger partial charge is 0.416 e. The average Bonchev–Trinajstić information content (AvgIpc) is 2.61. The zero-order valence-electron chi connectivity index (χ0n) is 14.1. The molecule has 2 aromatic rings. The summed E-state index contributed by atoms with van der Waals surface area (Å²) in [5, 5.41) is 0. The van der Waals surface area contributed by atoms with Gasteiger partial charge in [-0.25, -0.2) is 0 Å². The first-order valence-corrected chi connectivity index (χ1v) is 8.24. The summed E-state index contributed by atoms with van der Waals surface area (Å²) in [7, 11) is 0. The van der Waals surface area contributed by atoms with E-state index in [-0.39, 0.29) is 11.7 Å². The minimum absolute atomic E-state index is 0.0682. The Morgan fingerprint density at radius 1 is 1.00 bits per heavy atom. The minimum Gasteiger partial charge on any atom is -0.457 e. The predicted molar refractivity (Wildman–Crippen MR) is 92.2 cm³/mol. The van der Waals surface area contributed by atoms with Crippen LogP contribution in [-0.4, -0.2) is 23.9 Å². The van der Waals surface area contributed by atoms with Gasteiger partial charge >= 0.3 is 6.18 Å². The predicted octanol–water partition coefficient (Wildman–Crippen LogP) is 5.29. The summed E-state index contributed by atoms with van der Waals surface area (Å²) in [6.45, 7) is 5.17. The number of ether oxygens (including phenoxy) is 1. The van der Waals surface area contributed by atoms with E-state index in [1.165, 1.54) is 12.1 Å². The fourth-order valence-corrected chi connectivity index (χ4v) is 2.77. The third kappa shape index (κ3) is 4.25. The average molecular weight is 361 g/mol. The van der Waals surface area contributed by atoms with Gasteiger partial charge in [0.25, 0.3) is 5.91 Å². The SMILES string of the molecule is C=C1CCN(C(=O)c2cccc(Oc3cccc(C(F)(F)F)c3)c2)CC1. The number of halogens is 3. The summed E-state index contributed by atoms with van der Waals surface area (Å²) >= 11 is 0. The summed E-state index contributed by atoms with van der Waals surface area (Å²) in [5.74, 6) is 0.266. The summed E-state index contributed by atoms with van der Waals surface area (Å²) in [5.41, 5.74) is 0.799. The number of piperidine rings is 1. The number of carbonyl (C=O) groups is 1. The largest absolute Gasteiger partial charge is 0.457 e. The van der Waals surface area contributed by atoms with Crippen LogP contribution in [0.4, 0.5) is 13.2 Å². The van der Waals surface area contributed by atoms with E-state index in [1.807, 2.05) is 0 Å². The highest BCUT2D eigenvalue weighted by Crippen LogP contribution is 2.33. The number of benzene rings is 2. The van der Waals surface area contributed by atoms with Gasteiger partial charge in [-0.1, -0.05) is 24.3 Å². The van der Waals surface area contributed by atoms with E-state index >= 15 is 0 Å². The number of alkyl halides is 3. The van der Waals surface area contributed by atoms with Crippen molar-refractivity contribution >= 4 is 5.91 Å². The second-order valence-electron chi connectivity index (χ2n) is 6.20. The molecule has 3 nitrogen and oxygen atoms in total. The lowest BCUT2D eigenvalue weighted by Gasteiger charge is -2.28. The highest BCUT2D eigenvalue weighted by atomic mass is 19.4. The van der Waals surface area contributed by atoms with Crippen molar-refractivity contribution < 1.29 is 22.7 Å². The number of rotatable bonds is 3. The van der Waals surface area contributed by atoms with E-state index < -0.39 is 11.7 Å². The van der Waals surface area contributed by atoms with E-state index in [4.69, 9.17) is 4.74 Å². The highest BCUT2D eigenvalue weighted by Gasteiger charge is 2.30. The lowest BCUT2D eigenvalue weighted by molar-refractivity contribution is -0.137. The molecule has 1 heterocycles. The maximum absolute atomic E-state index is 12.8. The van der Waals surface area contributed by atoms with Crippen molar-refractivity contribution in [2.75, 3.05) is 13.1 Å². The Balaban J connectivity index is 1.75. The second kappa shape index (κ2) is 7.23. The van der Waals surface area contributed by atoms with Crippen molar-refractivity contribution in [2.45, 2.75) is 19.0 Å². The second-order valence-corrected chi connectivity index (χ2v) is 6.20. The zero-order valence-corrected chi connectivity index (χ0v) is 14.1. The Morgan fingerprint density at radius 2 is 1.62 bits per heavy atom. The first kappa shape index (κ1) is 18.0. The van der Waals surface area contributed by atoms with Crippen molar-refractivity contribution in [1.29, 1.82) is 0 Å². The standard InChI is InChI=1S/C20H18F3NO2/c1-14-8-10-24(11-9-14)19(25)15-4-2-6-17(12-15)26-18-7-3-5-16(13-18)20(21,22)23/h2-7,12-13H,1,8-11H2. The van der Waals surface area contributed by atoms with E-state index in [9.17, 15) is 18.0 Å². The number of hydrogen-bond donors (Lipinski definition) is 0. The molecule has 0 atom stereocenters. The molecule has 1 aliphatic heterocycles. The van der Waals surface area contributed by atoms with Gasteiger partial charge in [-0.2, -0.15) is 13.2 Å². The molecule has 0 N–H and O–H groups in total. The number of nitrogens with zero attached hydrogens (tertiary/aromatic N) is 1. The van der Waals surface area contributed by atoms with Crippen LogP contribution in [0.15, 0.2) is 60.7 Å². The van der Waals surface area contributed by atoms with Crippen LogP contribution in [0.3, 0.4) is 0 Å². The molecular formula is C20H18F3NO2. The monoisotopic (exact) mass is 361 g/mol. The first-order chi connectivity index (χ1) is 12.3. The Labute approximate surface area is 149 Å². The molecule has 6 heteroatoms. The lowest BCUT2D eigenvalue weighted by Crippen LogP contribution is -2.36. The van der Waals surface area contributed by atoms with Gasteiger partial charge < -0.3 is 9.64 Å². The molecule has 1 aliphatic rings. The molecule has 1 saturated heterocycles. The van der Waals surface area contributed by atoms with Crippen LogP contribution >= 0.6 is 0 Å². The van der Waals surface area contributed by atoms with Crippen molar-refractivity contribution in [1.82, 2.24) is 4.90 Å². The number of likely N-dealkylation sites (tertiary alicyclic amines) is 1. The number of amides is 1. The van der Waals surface area contributed by atoms with Gasteiger partial charge in [0.1, 0.15) is 11.5 Å². The van der Waals surface area contributed by atoms with Gasteiger partial charge in [-0.05, 0) is 49.2 Å². The van der Waals surface area contributed by atoms with Gasteiger partial charge in [0.2, 0.25) is 0 Å². The highest BCUT2D eigenvalue weighted by molar-refractivity contribution is 5.94. The van der Waals surface area contributed by atoms with Gasteiger partial charge in [-0.3, -0.25) is 4.79 Å². The van der Waals surface area contributed by atoms with E-state index in [2.05, 4.69) is 6.58 Å². The molecule has 136 valence electrons. The van der Waals surface area contributed by atoms with Crippen molar-refractivity contribution in [2.24, 2.45) is 0 Å². The van der Waals surface area contributed by atoms with Crippen LogP contribution < -0.4 is 4.74 Å². The molecule has 0 spiro atoms. The molecule has 3 rings (SSSR count). The zero-order chi connectivity index (χ0) is 18.7. The lowest BCUT2D eigenvalue weighted by atomic mass is 10.0. The van der Waals surface area contributed by atoms with Crippen molar-refractivity contribution in [3.63, 3.8) is 0 Å². The fraction of sp³-hybridized carbons (Fsp3) is 0.250. The summed E-state index contributed by atoms with van der Waals surface area (Å²) in [6.07, 6.45) is -2.87. The van der Waals surface area contributed by atoms with Crippen LogP contribution in [0, 0.1) is 0 Å². The normalized spacial score (nSPS) is 15.0. The molecule has 1 fully saturated rings. The van der Waals surface area contributed by atoms with Crippen molar-refractivity contribution in [3.8, 4) is 11.5 Å². The third-order valence-electron chi connectivity index (χ3n) is 4.24. The Hall–Kier alpha value is -2.76. The number of carbonyl (C=O) groups excluding carboxylic acids is 1. The minimum atomic E-state index is -4.44. The molecule has 0 saturated carbocycles. The van der Waals surface area contributed by atoms with E-state index in [0.29, 0.717) is 24.4 Å². The molecule has 0 radical (unpaired) electrons. The van der Waals surface area contributed by atoms with E-state index in [0.717, 1.165) is 30.5 Å². The molecule has 0 bridgehead atoms. The maximum Gasteiger partial charge on any atom is 0.416 e. The topological polar surface area (TPSA) is 29.5 Å². The summed E-state index contributed by atoms with van der Waals surface area (Å²) in [6, 6.07) is 11.1. The molecule has 0 unspecified atom stereocenters. The maximum atomic E-state index is 12.8. The van der Waals surface area contributed by atoms with Crippen molar-refractivity contribution in [3.05, 3.63) is 71.8 Å². The molecule has 1 amide bonds. The summed E-state index contributed by atoms with van der Waals surface area (Å²) in [4.78, 5) is 14.3. The van der Waals surface area contributed by atoms with Gasteiger partial charge in [-0.15, -0.1) is 0 Å². The Kier molecular flexibility index (Phi) is 5.02. The van der Waals surface area contributed by atoms with Crippen LogP contribution in [0.1, 0.15) is 28.8 Å².